The van der Waals surface area contributed by atoms with E-state index in [9.17, 15) is 35.4 Å². The average molecular weight is 446 g/mol. The molecule has 0 aromatic rings. The van der Waals surface area contributed by atoms with Gasteiger partial charge in [-0.25, -0.2) is 0 Å². The Hall–Kier alpha value is -0.850. The van der Waals surface area contributed by atoms with Crippen LogP contribution in [0.25, 0.3) is 0 Å². The van der Waals surface area contributed by atoms with Crippen LogP contribution in [-0.2, 0) is 19.0 Å². The van der Waals surface area contributed by atoms with Crippen molar-refractivity contribution < 1.29 is 49.6 Å². The Labute approximate surface area is 180 Å². The molecule has 31 heavy (non-hydrogen) atoms. The second-order valence-corrected chi connectivity index (χ2v) is 10.1. The first-order valence-electron chi connectivity index (χ1n) is 11.0. The van der Waals surface area contributed by atoms with E-state index in [-0.39, 0.29) is 24.4 Å². The van der Waals surface area contributed by atoms with Gasteiger partial charge in [0.05, 0.1) is 25.2 Å². The zero-order valence-electron chi connectivity index (χ0n) is 18.0. The summed E-state index contributed by atoms with van der Waals surface area (Å²) in [6, 6.07) is 0. The van der Waals surface area contributed by atoms with E-state index < -0.39 is 72.4 Å². The molecule has 10 heteroatoms. The highest BCUT2D eigenvalue weighted by molar-refractivity contribution is 5.78. The maximum atomic E-state index is 12.6. The summed E-state index contributed by atoms with van der Waals surface area (Å²) in [4.78, 5) is 12.6. The highest BCUT2D eigenvalue weighted by atomic mass is 16.7. The molecule has 0 aromatic heterocycles. The number of fused-ring (bicyclic) bond motifs is 4. The molecule has 6 N–H and O–H groups in total. The third-order valence-electron chi connectivity index (χ3n) is 8.52. The number of ether oxygens (including phenoxy) is 3. The number of esters is 1. The molecule has 2 bridgehead atoms. The molecule has 4 fully saturated rings. The van der Waals surface area contributed by atoms with Gasteiger partial charge in [0.25, 0.3) is 0 Å². The van der Waals surface area contributed by atoms with Crippen molar-refractivity contribution in [2.75, 3.05) is 13.2 Å². The lowest BCUT2D eigenvalue weighted by atomic mass is 9.53. The molecule has 2 saturated carbocycles. The van der Waals surface area contributed by atoms with Gasteiger partial charge < -0.3 is 44.8 Å². The van der Waals surface area contributed by atoms with Gasteiger partial charge in [0.15, 0.2) is 12.4 Å². The highest BCUT2D eigenvalue weighted by Gasteiger charge is 2.74. The van der Waals surface area contributed by atoms with Gasteiger partial charge in [-0.3, -0.25) is 4.79 Å². The smallest absolute Gasteiger partial charge is 0.312 e. The summed E-state index contributed by atoms with van der Waals surface area (Å²) in [7, 11) is 0. The molecule has 2 aliphatic carbocycles. The molecule has 0 unspecified atom stereocenters. The molecule has 0 amide bonds. The molecular weight excluding hydrogens is 412 g/mol. The van der Waals surface area contributed by atoms with Gasteiger partial charge in [-0.2, -0.15) is 0 Å². The maximum Gasteiger partial charge on any atom is 0.312 e. The van der Waals surface area contributed by atoms with Crippen molar-refractivity contribution >= 4 is 5.97 Å². The molecule has 4 rings (SSSR count). The van der Waals surface area contributed by atoms with E-state index in [1.54, 1.807) is 0 Å². The zero-order valence-corrected chi connectivity index (χ0v) is 18.0. The number of carbonyl (C=O) groups is 1. The molecular formula is C21H34O10. The van der Waals surface area contributed by atoms with Gasteiger partial charge in [-0.05, 0) is 30.6 Å². The standard InChI is InChI=1S/C21H34O10/c1-8(2)21(28)12-10-5-4-9(20(10,3)16(26)17(21)31-18(12)27)7-29-19-15(25)14(24)13(23)11(6-22)30-19/h8-17,19,22-26,28H,4-7H2,1-3H3/t9-,10+,11-,12-,13-,14+,15-,16+,17-,19-,20-,21+/m1/s1. The van der Waals surface area contributed by atoms with E-state index in [0.29, 0.717) is 12.8 Å². The van der Waals surface area contributed by atoms with Crippen LogP contribution in [0.3, 0.4) is 0 Å². The minimum absolute atomic E-state index is 0.0560. The largest absolute Gasteiger partial charge is 0.456 e. The second-order valence-electron chi connectivity index (χ2n) is 10.1. The summed E-state index contributed by atoms with van der Waals surface area (Å²) in [6.45, 7) is 5.00. The number of aliphatic hydroxyl groups excluding tert-OH is 5. The van der Waals surface area contributed by atoms with Gasteiger partial charge in [-0.1, -0.05) is 20.8 Å². The predicted molar refractivity (Wildman–Crippen MR) is 103 cm³/mol. The quantitative estimate of drug-likeness (QED) is 0.264. The van der Waals surface area contributed by atoms with Crippen LogP contribution < -0.4 is 0 Å². The Morgan fingerprint density at radius 1 is 1.13 bits per heavy atom. The van der Waals surface area contributed by atoms with E-state index >= 15 is 0 Å². The fourth-order valence-corrected chi connectivity index (χ4v) is 6.45. The molecule has 178 valence electrons. The lowest BCUT2D eigenvalue weighted by Crippen LogP contribution is -2.66. The van der Waals surface area contributed by atoms with E-state index in [0.717, 1.165) is 0 Å². The van der Waals surface area contributed by atoms with Crippen molar-refractivity contribution in [1.29, 1.82) is 0 Å². The van der Waals surface area contributed by atoms with Gasteiger partial charge in [0.1, 0.15) is 30.0 Å². The van der Waals surface area contributed by atoms with Crippen molar-refractivity contribution in [2.45, 2.75) is 82.1 Å². The van der Waals surface area contributed by atoms with E-state index in [4.69, 9.17) is 14.2 Å². The number of hydrogen-bond donors (Lipinski definition) is 6. The van der Waals surface area contributed by atoms with Crippen LogP contribution in [0.5, 0.6) is 0 Å². The minimum Gasteiger partial charge on any atom is -0.456 e. The normalized spacial score (nSPS) is 54.2. The van der Waals surface area contributed by atoms with Crippen LogP contribution in [0.2, 0.25) is 0 Å². The molecule has 0 radical (unpaired) electrons. The number of carbonyl (C=O) groups excluding carboxylic acids is 1. The Morgan fingerprint density at radius 2 is 1.81 bits per heavy atom. The summed E-state index contributed by atoms with van der Waals surface area (Å²) in [5.41, 5.74) is -2.20. The molecule has 12 atom stereocenters. The number of aliphatic hydroxyl groups is 6. The van der Waals surface area contributed by atoms with Crippen molar-refractivity contribution in [1.82, 2.24) is 0 Å². The summed E-state index contributed by atoms with van der Waals surface area (Å²) < 4.78 is 16.6. The number of hydrogen-bond acceptors (Lipinski definition) is 10. The average Bonchev–Trinajstić information content (AvgIpc) is 3.17. The van der Waals surface area contributed by atoms with E-state index in [1.807, 2.05) is 20.8 Å². The van der Waals surface area contributed by atoms with Crippen LogP contribution in [0.1, 0.15) is 33.6 Å². The van der Waals surface area contributed by atoms with Gasteiger partial charge in [0, 0.05) is 5.41 Å². The Bertz CT molecular complexity index is 700. The third kappa shape index (κ3) is 3.11. The Morgan fingerprint density at radius 3 is 2.42 bits per heavy atom. The molecule has 2 saturated heterocycles. The van der Waals surface area contributed by atoms with Crippen LogP contribution in [0, 0.1) is 29.1 Å². The number of rotatable bonds is 5. The molecule has 4 aliphatic rings. The van der Waals surface area contributed by atoms with Crippen molar-refractivity contribution in [3.8, 4) is 0 Å². The molecule has 2 aliphatic heterocycles. The van der Waals surface area contributed by atoms with Crippen LogP contribution in [0.15, 0.2) is 0 Å². The first-order chi connectivity index (χ1) is 14.5. The first-order valence-corrected chi connectivity index (χ1v) is 11.0. The molecule has 0 spiro atoms. The first kappa shape index (κ1) is 23.3. The third-order valence-corrected chi connectivity index (χ3v) is 8.52. The monoisotopic (exact) mass is 446 g/mol. The Kier molecular flexibility index (Phi) is 5.92. The van der Waals surface area contributed by atoms with Crippen molar-refractivity contribution in [3.63, 3.8) is 0 Å². The maximum absolute atomic E-state index is 12.6. The topological polar surface area (TPSA) is 166 Å². The summed E-state index contributed by atoms with van der Waals surface area (Å²) in [6.07, 6.45) is -7.76. The van der Waals surface area contributed by atoms with Crippen molar-refractivity contribution in [2.24, 2.45) is 29.1 Å². The zero-order chi connectivity index (χ0) is 22.9. The lowest BCUT2D eigenvalue weighted by Gasteiger charge is -2.53. The van der Waals surface area contributed by atoms with Crippen LogP contribution >= 0.6 is 0 Å². The fraction of sp³-hybridized carbons (Fsp3) is 0.952. The summed E-state index contributed by atoms with van der Waals surface area (Å²) >= 11 is 0. The summed E-state index contributed by atoms with van der Waals surface area (Å²) in [5.74, 6) is -2.02. The van der Waals surface area contributed by atoms with E-state index in [2.05, 4.69) is 0 Å². The Balaban J connectivity index is 1.52. The van der Waals surface area contributed by atoms with Crippen LogP contribution in [0.4, 0.5) is 0 Å². The molecule has 2 heterocycles. The van der Waals surface area contributed by atoms with Gasteiger partial charge >= 0.3 is 5.97 Å². The van der Waals surface area contributed by atoms with Crippen molar-refractivity contribution in [3.05, 3.63) is 0 Å². The molecule has 10 nitrogen and oxygen atoms in total. The van der Waals surface area contributed by atoms with E-state index in [1.165, 1.54) is 0 Å². The SMILES string of the molecule is CC(C)[C@@]1(O)[C@@H]2OC(=O)[C@H]1[C@@H]1CC[C@H](CO[C@@H]3O[C@H](CO)[C@@H](O)[C@H](O)[C@H]3O)[C@@]1(C)[C@H]2O. The predicted octanol–water partition coefficient (Wildman–Crippen LogP) is -1.86. The highest BCUT2D eigenvalue weighted by Crippen LogP contribution is 2.64. The molecule has 0 aromatic carbocycles. The second kappa shape index (κ2) is 7.88. The summed E-state index contributed by atoms with van der Waals surface area (Å²) in [5, 5.41) is 62.0. The fourth-order valence-electron chi connectivity index (χ4n) is 6.45. The van der Waals surface area contributed by atoms with Gasteiger partial charge in [0.2, 0.25) is 0 Å². The van der Waals surface area contributed by atoms with Crippen LogP contribution in [-0.4, -0.2) is 98.3 Å². The van der Waals surface area contributed by atoms with Gasteiger partial charge in [-0.15, -0.1) is 0 Å². The minimum atomic E-state index is -1.54. The lowest BCUT2D eigenvalue weighted by molar-refractivity contribution is -0.306.